The Morgan fingerprint density at radius 1 is 0.926 bits per heavy atom. The van der Waals surface area contributed by atoms with E-state index < -0.39 is 5.79 Å². The molecular weight excluding hydrogens is 336 g/mol. The molecule has 1 N–H and O–H groups in total. The molecule has 3 nitrogen and oxygen atoms in total. The van der Waals surface area contributed by atoms with Gasteiger partial charge in [0.05, 0.1) is 6.61 Å². The number of benzene rings is 3. The summed E-state index contributed by atoms with van der Waals surface area (Å²) < 4.78 is 11.9. The molecule has 4 rings (SSSR count). The average molecular weight is 360 g/mol. The summed E-state index contributed by atoms with van der Waals surface area (Å²) in [5, 5.41) is 15.8. The number of hydrogen-bond donors (Lipinski definition) is 1. The summed E-state index contributed by atoms with van der Waals surface area (Å²) in [7, 11) is 0. The van der Waals surface area contributed by atoms with E-state index in [4.69, 9.17) is 9.47 Å². The first-order chi connectivity index (χ1) is 13.2. The monoisotopic (exact) mass is 360 g/mol. The second kappa shape index (κ2) is 7.18. The first-order valence-corrected chi connectivity index (χ1v) is 9.49. The van der Waals surface area contributed by atoms with Gasteiger partial charge in [-0.1, -0.05) is 60.7 Å². The van der Waals surface area contributed by atoms with Gasteiger partial charge in [-0.15, -0.1) is 0 Å². The molecule has 0 saturated heterocycles. The Labute approximate surface area is 159 Å². The zero-order valence-electron chi connectivity index (χ0n) is 15.7. The summed E-state index contributed by atoms with van der Waals surface area (Å²) in [4.78, 5) is 0. The summed E-state index contributed by atoms with van der Waals surface area (Å²) in [5.41, 5.74) is 1.69. The van der Waals surface area contributed by atoms with E-state index in [1.807, 2.05) is 56.3 Å². The second-order valence-corrected chi connectivity index (χ2v) is 6.68. The number of rotatable bonds is 5. The van der Waals surface area contributed by atoms with Gasteiger partial charge in [-0.2, -0.15) is 0 Å². The Balaban J connectivity index is 2.17. The normalized spacial score (nSPS) is 18.9. The van der Waals surface area contributed by atoms with Gasteiger partial charge in [-0.05, 0) is 41.1 Å². The van der Waals surface area contributed by atoms with E-state index in [-0.39, 0.29) is 0 Å². The maximum Gasteiger partial charge on any atom is 0.197 e. The van der Waals surface area contributed by atoms with Gasteiger partial charge in [-0.3, -0.25) is 0 Å². The lowest BCUT2D eigenvalue weighted by Gasteiger charge is -2.33. The van der Waals surface area contributed by atoms with Crippen molar-refractivity contribution in [1.82, 2.24) is 0 Å². The van der Waals surface area contributed by atoms with Crippen molar-refractivity contribution in [3.63, 3.8) is 0 Å². The molecule has 0 saturated carbocycles. The molecule has 0 fully saturated rings. The van der Waals surface area contributed by atoms with E-state index in [9.17, 15) is 5.11 Å². The summed E-state index contributed by atoms with van der Waals surface area (Å²) in [6.07, 6.45) is 2.45. The zero-order valence-corrected chi connectivity index (χ0v) is 15.7. The molecule has 0 aromatic heterocycles. The van der Waals surface area contributed by atoms with Crippen molar-refractivity contribution in [2.24, 2.45) is 0 Å². The Hall–Kier alpha value is -2.62. The Kier molecular flexibility index (Phi) is 4.73. The fraction of sp³-hybridized carbons (Fsp3) is 0.250. The van der Waals surface area contributed by atoms with Crippen LogP contribution in [0, 0.1) is 0 Å². The first kappa shape index (κ1) is 17.8. The molecular formula is C24H24O3. The van der Waals surface area contributed by atoms with Crippen molar-refractivity contribution in [3.05, 3.63) is 76.7 Å². The molecule has 0 amide bonds. The topological polar surface area (TPSA) is 38.7 Å². The van der Waals surface area contributed by atoms with Crippen LogP contribution in [-0.2, 0) is 4.74 Å². The molecule has 1 atom stereocenters. The van der Waals surface area contributed by atoms with Gasteiger partial charge in [-0.25, -0.2) is 0 Å². The van der Waals surface area contributed by atoms with E-state index in [2.05, 4.69) is 24.3 Å². The molecule has 0 heterocycles. The van der Waals surface area contributed by atoms with Gasteiger partial charge in [0, 0.05) is 24.2 Å². The van der Waals surface area contributed by atoms with E-state index in [1.165, 1.54) is 0 Å². The zero-order chi connectivity index (χ0) is 18.9. The predicted molar refractivity (Wildman–Crippen MR) is 109 cm³/mol. The maximum atomic E-state index is 11.5. The van der Waals surface area contributed by atoms with Crippen molar-refractivity contribution >= 4 is 22.4 Å². The van der Waals surface area contributed by atoms with Crippen LogP contribution in [0.5, 0.6) is 5.75 Å². The highest BCUT2D eigenvalue weighted by Gasteiger charge is 2.37. The third-order valence-electron chi connectivity index (χ3n) is 5.04. The highest BCUT2D eigenvalue weighted by Crippen LogP contribution is 2.40. The Morgan fingerprint density at radius 2 is 1.70 bits per heavy atom. The maximum absolute atomic E-state index is 11.5. The summed E-state index contributed by atoms with van der Waals surface area (Å²) in [5.74, 6) is -0.625. The SMILES string of the molecule is CCOc1ccc2ccccc2c1C1=c2ccccc2=CCC1(O)OCC. The van der Waals surface area contributed by atoms with E-state index in [0.29, 0.717) is 19.6 Å². The number of hydrogen-bond acceptors (Lipinski definition) is 3. The quantitative estimate of drug-likeness (QED) is 0.709. The molecule has 0 aliphatic heterocycles. The molecule has 0 radical (unpaired) electrons. The molecule has 138 valence electrons. The third-order valence-corrected chi connectivity index (χ3v) is 5.04. The number of fused-ring (bicyclic) bond motifs is 2. The average Bonchev–Trinajstić information content (AvgIpc) is 2.69. The molecule has 1 aliphatic rings. The smallest absolute Gasteiger partial charge is 0.197 e. The minimum Gasteiger partial charge on any atom is -0.493 e. The lowest BCUT2D eigenvalue weighted by Crippen LogP contribution is -2.45. The van der Waals surface area contributed by atoms with E-state index in [1.54, 1.807) is 0 Å². The van der Waals surface area contributed by atoms with Crippen LogP contribution in [0.2, 0.25) is 0 Å². The van der Waals surface area contributed by atoms with Gasteiger partial charge < -0.3 is 14.6 Å². The van der Waals surface area contributed by atoms with Gasteiger partial charge in [0.15, 0.2) is 5.79 Å². The molecule has 3 heteroatoms. The highest BCUT2D eigenvalue weighted by atomic mass is 16.6. The van der Waals surface area contributed by atoms with Crippen molar-refractivity contribution in [2.45, 2.75) is 26.1 Å². The Morgan fingerprint density at radius 3 is 2.52 bits per heavy atom. The molecule has 1 aliphatic carbocycles. The molecule has 27 heavy (non-hydrogen) atoms. The van der Waals surface area contributed by atoms with Gasteiger partial charge in [0.2, 0.25) is 0 Å². The van der Waals surface area contributed by atoms with Crippen LogP contribution in [0.25, 0.3) is 22.4 Å². The number of ether oxygens (including phenoxy) is 2. The molecule has 0 bridgehead atoms. The van der Waals surface area contributed by atoms with Crippen molar-refractivity contribution in [1.29, 1.82) is 0 Å². The van der Waals surface area contributed by atoms with Gasteiger partial charge in [0.1, 0.15) is 5.75 Å². The third kappa shape index (κ3) is 3.03. The van der Waals surface area contributed by atoms with Gasteiger partial charge in [0.25, 0.3) is 0 Å². The second-order valence-electron chi connectivity index (χ2n) is 6.68. The summed E-state index contributed by atoms with van der Waals surface area (Å²) >= 11 is 0. The fourth-order valence-corrected chi connectivity index (χ4v) is 3.95. The van der Waals surface area contributed by atoms with Gasteiger partial charge >= 0.3 is 0 Å². The lowest BCUT2D eigenvalue weighted by atomic mass is 9.85. The standard InChI is InChI=1S/C24H24O3/c1-3-26-21-14-13-17-9-5-7-11-19(17)22(21)23-20-12-8-6-10-18(20)15-16-24(23,25)27-4-2/h5-15,25H,3-4,16H2,1-2H3. The van der Waals surface area contributed by atoms with Crippen LogP contribution in [-0.4, -0.2) is 24.1 Å². The summed E-state index contributed by atoms with van der Waals surface area (Å²) in [6.45, 7) is 4.85. The largest absolute Gasteiger partial charge is 0.493 e. The summed E-state index contributed by atoms with van der Waals surface area (Å²) in [6, 6.07) is 20.4. The van der Waals surface area contributed by atoms with E-state index in [0.717, 1.165) is 38.1 Å². The fourth-order valence-electron chi connectivity index (χ4n) is 3.95. The van der Waals surface area contributed by atoms with Crippen LogP contribution in [0.3, 0.4) is 0 Å². The minimum absolute atomic E-state index is 0.405. The van der Waals surface area contributed by atoms with E-state index >= 15 is 0 Å². The van der Waals surface area contributed by atoms with Crippen LogP contribution < -0.4 is 15.2 Å². The van der Waals surface area contributed by atoms with Crippen LogP contribution in [0.4, 0.5) is 0 Å². The predicted octanol–water partition coefficient (Wildman–Crippen LogP) is 3.35. The first-order valence-electron chi connectivity index (χ1n) is 9.49. The number of aliphatic hydroxyl groups is 1. The lowest BCUT2D eigenvalue weighted by molar-refractivity contribution is -0.150. The molecule has 3 aromatic carbocycles. The van der Waals surface area contributed by atoms with Crippen molar-refractivity contribution < 1.29 is 14.6 Å². The Bertz CT molecular complexity index is 1100. The molecule has 1 unspecified atom stereocenters. The molecule has 0 spiro atoms. The van der Waals surface area contributed by atoms with Crippen molar-refractivity contribution in [2.75, 3.05) is 13.2 Å². The van der Waals surface area contributed by atoms with Crippen molar-refractivity contribution in [3.8, 4) is 5.75 Å². The van der Waals surface area contributed by atoms with Crippen LogP contribution in [0.1, 0.15) is 25.8 Å². The highest BCUT2D eigenvalue weighted by molar-refractivity contribution is 5.98. The molecule has 3 aromatic rings. The minimum atomic E-state index is -1.39. The van der Waals surface area contributed by atoms with Crippen LogP contribution in [0.15, 0.2) is 60.7 Å². The van der Waals surface area contributed by atoms with Crippen LogP contribution >= 0.6 is 0 Å².